The molecule has 0 bridgehead atoms. The van der Waals surface area contributed by atoms with Crippen LogP contribution in [-0.4, -0.2) is 22.6 Å². The molecule has 0 saturated carbocycles. The second-order valence-corrected chi connectivity index (χ2v) is 5.33. The fourth-order valence-electron chi connectivity index (χ4n) is 1.21. The Kier molecular flexibility index (Phi) is 4.84. The van der Waals surface area contributed by atoms with Gasteiger partial charge in [-0.15, -0.1) is 0 Å². The minimum absolute atomic E-state index is 0.524. The minimum Gasteiger partial charge on any atom is -0.324 e. The lowest BCUT2D eigenvalue weighted by molar-refractivity contribution is -0.253. The van der Waals surface area contributed by atoms with E-state index in [9.17, 15) is 35.5 Å². The molecule has 0 radical (unpaired) electrons. The average Bonchev–Trinajstić information content (AvgIpc) is 2.29. The van der Waals surface area contributed by atoms with Crippen LogP contribution < -0.4 is 5.32 Å². The predicted octanol–water partition coefficient (Wildman–Crippen LogP) is 4.68. The molecule has 0 aliphatic heterocycles. The molecule has 11 heteroatoms. The summed E-state index contributed by atoms with van der Waals surface area (Å²) in [5.74, 6) is -3.38. The summed E-state index contributed by atoms with van der Waals surface area (Å²) in [7, 11) is 0. The highest BCUT2D eigenvalue weighted by Gasteiger charge is 2.74. The molecule has 21 heavy (non-hydrogen) atoms. The number of halogens is 9. The van der Waals surface area contributed by atoms with Gasteiger partial charge in [-0.25, -0.2) is 4.39 Å². The Morgan fingerprint density at radius 2 is 1.57 bits per heavy atom. The van der Waals surface area contributed by atoms with Crippen LogP contribution >= 0.6 is 27.5 Å². The number of anilines is 1. The summed E-state index contributed by atoms with van der Waals surface area (Å²) in [5.41, 5.74) is -0.524. The van der Waals surface area contributed by atoms with E-state index in [0.29, 0.717) is 12.1 Å². The SMILES string of the molecule is O=C(Nc1ccc(F)c(Cl)c1)C(Br)(C(F)(F)F)C(F)(F)F. The third-order valence-electron chi connectivity index (χ3n) is 2.27. The van der Waals surface area contributed by atoms with Crippen molar-refractivity contribution in [1.29, 1.82) is 0 Å². The molecular formula is C10H4BrClF7NO. The highest BCUT2D eigenvalue weighted by molar-refractivity contribution is 9.10. The van der Waals surface area contributed by atoms with Gasteiger partial charge in [0.2, 0.25) is 0 Å². The first-order valence-corrected chi connectivity index (χ1v) is 6.06. The van der Waals surface area contributed by atoms with Crippen LogP contribution in [0.25, 0.3) is 0 Å². The molecule has 0 spiro atoms. The number of benzene rings is 1. The van der Waals surface area contributed by atoms with E-state index in [1.165, 1.54) is 21.2 Å². The lowest BCUT2D eigenvalue weighted by Crippen LogP contribution is -2.59. The Balaban J connectivity index is 3.17. The molecule has 0 fully saturated rings. The van der Waals surface area contributed by atoms with Crippen molar-refractivity contribution in [2.75, 3.05) is 5.32 Å². The highest BCUT2D eigenvalue weighted by Crippen LogP contribution is 2.50. The number of amides is 1. The Morgan fingerprint density at radius 1 is 1.10 bits per heavy atom. The molecule has 0 aliphatic carbocycles. The van der Waals surface area contributed by atoms with Crippen molar-refractivity contribution in [3.05, 3.63) is 29.0 Å². The summed E-state index contributed by atoms with van der Waals surface area (Å²) in [6, 6.07) is 2.11. The van der Waals surface area contributed by atoms with E-state index in [1.807, 2.05) is 0 Å². The topological polar surface area (TPSA) is 29.1 Å². The Labute approximate surface area is 126 Å². The van der Waals surface area contributed by atoms with Crippen LogP contribution in [0.15, 0.2) is 18.2 Å². The van der Waals surface area contributed by atoms with Crippen LogP contribution in [0.4, 0.5) is 36.4 Å². The third kappa shape index (κ3) is 3.42. The summed E-state index contributed by atoms with van der Waals surface area (Å²) in [6.45, 7) is 0. The number of nitrogens with one attached hydrogen (secondary N) is 1. The maximum absolute atomic E-state index is 12.8. The van der Waals surface area contributed by atoms with E-state index in [0.717, 1.165) is 6.07 Å². The van der Waals surface area contributed by atoms with E-state index in [-0.39, 0.29) is 0 Å². The van der Waals surface area contributed by atoms with Crippen LogP contribution in [0.5, 0.6) is 0 Å². The quantitative estimate of drug-likeness (QED) is 0.565. The second-order valence-electron chi connectivity index (χ2n) is 3.74. The maximum Gasteiger partial charge on any atom is 0.421 e. The van der Waals surface area contributed by atoms with Crippen LogP contribution in [0.2, 0.25) is 5.02 Å². The average molecular weight is 402 g/mol. The number of hydrogen-bond donors (Lipinski definition) is 1. The molecule has 0 heterocycles. The van der Waals surface area contributed by atoms with Crippen LogP contribution in [0.1, 0.15) is 0 Å². The zero-order valence-electron chi connectivity index (χ0n) is 9.54. The first kappa shape index (κ1) is 18.0. The Hall–Kier alpha value is -1.03. The molecule has 1 aromatic rings. The first-order valence-electron chi connectivity index (χ1n) is 4.89. The fourth-order valence-corrected chi connectivity index (χ4v) is 1.49. The lowest BCUT2D eigenvalue weighted by atomic mass is 10.1. The first-order chi connectivity index (χ1) is 9.30. The van der Waals surface area contributed by atoms with E-state index >= 15 is 0 Å². The molecule has 0 saturated heterocycles. The van der Waals surface area contributed by atoms with Crippen LogP contribution in [0, 0.1) is 5.82 Å². The van der Waals surface area contributed by atoms with Crippen molar-refractivity contribution in [2.45, 2.75) is 16.7 Å². The largest absolute Gasteiger partial charge is 0.421 e. The lowest BCUT2D eigenvalue weighted by Gasteiger charge is -2.30. The second kappa shape index (κ2) is 5.64. The monoisotopic (exact) mass is 401 g/mol. The van der Waals surface area contributed by atoms with Gasteiger partial charge < -0.3 is 5.32 Å². The predicted molar refractivity (Wildman–Crippen MR) is 63.8 cm³/mol. The van der Waals surface area contributed by atoms with E-state index in [1.54, 1.807) is 0 Å². The van der Waals surface area contributed by atoms with Gasteiger partial charge in [0, 0.05) is 5.69 Å². The smallest absolute Gasteiger partial charge is 0.324 e. The van der Waals surface area contributed by atoms with Crippen molar-refractivity contribution in [1.82, 2.24) is 0 Å². The highest BCUT2D eigenvalue weighted by atomic mass is 79.9. The van der Waals surface area contributed by atoms with Gasteiger partial charge in [-0.1, -0.05) is 27.5 Å². The summed E-state index contributed by atoms with van der Waals surface area (Å²) in [6.07, 6.45) is -11.9. The van der Waals surface area contributed by atoms with Crippen molar-refractivity contribution >= 4 is 39.1 Å². The molecule has 1 rings (SSSR count). The van der Waals surface area contributed by atoms with Crippen molar-refractivity contribution in [3.8, 4) is 0 Å². The molecular weight excluding hydrogens is 398 g/mol. The molecule has 2 nitrogen and oxygen atoms in total. The zero-order valence-corrected chi connectivity index (χ0v) is 11.9. The molecule has 118 valence electrons. The van der Waals surface area contributed by atoms with Crippen LogP contribution in [0.3, 0.4) is 0 Å². The van der Waals surface area contributed by atoms with Gasteiger partial charge in [0.15, 0.2) is 0 Å². The van der Waals surface area contributed by atoms with E-state index in [4.69, 9.17) is 11.6 Å². The van der Waals surface area contributed by atoms with Crippen molar-refractivity contribution < 1.29 is 35.5 Å². The van der Waals surface area contributed by atoms with Gasteiger partial charge in [0.25, 0.3) is 10.2 Å². The van der Waals surface area contributed by atoms with Gasteiger partial charge >= 0.3 is 12.4 Å². The van der Waals surface area contributed by atoms with Crippen molar-refractivity contribution in [3.63, 3.8) is 0 Å². The number of carbonyl (C=O) groups excluding carboxylic acids is 1. The third-order valence-corrected chi connectivity index (χ3v) is 3.82. The van der Waals surface area contributed by atoms with Crippen molar-refractivity contribution in [2.24, 2.45) is 0 Å². The van der Waals surface area contributed by atoms with E-state index in [2.05, 4.69) is 0 Å². The number of hydrogen-bond acceptors (Lipinski definition) is 1. The molecule has 1 N–H and O–H groups in total. The van der Waals surface area contributed by atoms with Gasteiger partial charge in [0.1, 0.15) is 5.82 Å². The number of carbonyl (C=O) groups is 1. The number of rotatable bonds is 2. The molecule has 0 unspecified atom stereocenters. The Bertz CT molecular complexity index is 543. The maximum atomic E-state index is 12.8. The Morgan fingerprint density at radius 3 is 1.95 bits per heavy atom. The van der Waals surface area contributed by atoms with Crippen LogP contribution in [-0.2, 0) is 4.79 Å². The van der Waals surface area contributed by atoms with Gasteiger partial charge in [-0.05, 0) is 18.2 Å². The summed E-state index contributed by atoms with van der Waals surface area (Å²) < 4.78 is 83.5. The number of alkyl halides is 7. The summed E-state index contributed by atoms with van der Waals surface area (Å²) >= 11 is 6.72. The molecule has 0 aliphatic rings. The molecule has 1 amide bonds. The van der Waals surface area contributed by atoms with Gasteiger partial charge in [0.05, 0.1) is 5.02 Å². The normalized spacial score (nSPS) is 13.2. The van der Waals surface area contributed by atoms with Gasteiger partial charge in [-0.2, -0.15) is 26.3 Å². The van der Waals surface area contributed by atoms with E-state index < -0.39 is 39.1 Å². The summed E-state index contributed by atoms with van der Waals surface area (Å²) in [4.78, 5) is 11.4. The van der Waals surface area contributed by atoms with Gasteiger partial charge in [-0.3, -0.25) is 4.79 Å². The minimum atomic E-state index is -5.95. The summed E-state index contributed by atoms with van der Waals surface area (Å²) in [5, 5.41) is 0.810. The molecule has 1 aromatic carbocycles. The fraction of sp³-hybridized carbons (Fsp3) is 0.300. The standard InChI is InChI=1S/C10H4BrClF7NO/c11-8(9(14,15)16,10(17,18)19)7(21)20-4-1-2-6(13)5(12)3-4/h1-3H,(H,20,21). The molecule has 0 aromatic heterocycles. The zero-order chi connectivity index (χ0) is 16.6. The molecule has 0 atom stereocenters.